The molecule has 1 fully saturated rings. The molecule has 2 heterocycles. The average Bonchev–Trinajstić information content (AvgIpc) is 2.58. The maximum atomic E-state index is 5.57. The third-order valence-electron chi connectivity index (χ3n) is 2.63. The Morgan fingerprint density at radius 2 is 2.40 bits per heavy atom. The Morgan fingerprint density at radius 3 is 3.07 bits per heavy atom. The van der Waals surface area contributed by atoms with Crippen molar-refractivity contribution in [1.29, 1.82) is 0 Å². The molecule has 1 aliphatic rings. The minimum absolute atomic E-state index is 0.299. The summed E-state index contributed by atoms with van der Waals surface area (Å²) in [6.45, 7) is 6.79. The van der Waals surface area contributed by atoms with Crippen molar-refractivity contribution in [2.45, 2.75) is 32.5 Å². The summed E-state index contributed by atoms with van der Waals surface area (Å²) in [5, 5.41) is 3.81. The number of aromatic nitrogens is 1. The van der Waals surface area contributed by atoms with Gasteiger partial charge >= 0.3 is 0 Å². The SMILES string of the molecule is CC1CN(Cc2cc(Br)no2)C(C)CO1. The zero-order valence-corrected chi connectivity index (χ0v) is 10.5. The first-order valence-corrected chi connectivity index (χ1v) is 5.91. The van der Waals surface area contributed by atoms with Gasteiger partial charge < -0.3 is 9.26 Å². The molecule has 0 N–H and O–H groups in total. The smallest absolute Gasteiger partial charge is 0.151 e. The zero-order chi connectivity index (χ0) is 10.8. The Hall–Kier alpha value is -0.390. The molecular formula is C10H15BrN2O2. The minimum Gasteiger partial charge on any atom is -0.376 e. The Morgan fingerprint density at radius 1 is 1.60 bits per heavy atom. The predicted molar refractivity (Wildman–Crippen MR) is 59.5 cm³/mol. The van der Waals surface area contributed by atoms with Gasteiger partial charge in [0.05, 0.1) is 19.3 Å². The molecule has 0 saturated carbocycles. The van der Waals surface area contributed by atoms with E-state index in [-0.39, 0.29) is 0 Å². The molecule has 15 heavy (non-hydrogen) atoms. The van der Waals surface area contributed by atoms with Gasteiger partial charge in [0.15, 0.2) is 5.76 Å². The van der Waals surface area contributed by atoms with E-state index in [1.807, 2.05) is 6.07 Å². The van der Waals surface area contributed by atoms with Crippen LogP contribution in [-0.4, -0.2) is 35.4 Å². The van der Waals surface area contributed by atoms with Crippen molar-refractivity contribution in [1.82, 2.24) is 10.1 Å². The first kappa shape index (κ1) is 11.1. The number of rotatable bonds is 2. The van der Waals surface area contributed by atoms with Crippen LogP contribution in [0.1, 0.15) is 19.6 Å². The summed E-state index contributed by atoms with van der Waals surface area (Å²) in [5.41, 5.74) is 0. The molecule has 4 nitrogen and oxygen atoms in total. The molecule has 2 unspecified atom stereocenters. The fourth-order valence-electron chi connectivity index (χ4n) is 1.75. The molecule has 1 aromatic heterocycles. The van der Waals surface area contributed by atoms with Gasteiger partial charge in [-0.3, -0.25) is 4.90 Å². The van der Waals surface area contributed by atoms with Crippen molar-refractivity contribution in [3.05, 3.63) is 16.4 Å². The van der Waals surface area contributed by atoms with Crippen molar-refractivity contribution in [3.63, 3.8) is 0 Å². The Bertz CT molecular complexity index is 329. The van der Waals surface area contributed by atoms with Crippen molar-refractivity contribution < 1.29 is 9.26 Å². The molecule has 0 aromatic carbocycles. The molecule has 2 atom stereocenters. The highest BCUT2D eigenvalue weighted by molar-refractivity contribution is 9.10. The van der Waals surface area contributed by atoms with Gasteiger partial charge in [-0.2, -0.15) is 0 Å². The molecule has 1 saturated heterocycles. The van der Waals surface area contributed by atoms with Crippen LogP contribution in [0.2, 0.25) is 0 Å². The first-order chi connectivity index (χ1) is 7.15. The second-order valence-corrected chi connectivity index (χ2v) is 4.85. The summed E-state index contributed by atoms with van der Waals surface area (Å²) in [6.07, 6.45) is 0.299. The maximum absolute atomic E-state index is 5.57. The molecule has 0 aliphatic carbocycles. The van der Waals surface area contributed by atoms with Crippen LogP contribution >= 0.6 is 15.9 Å². The van der Waals surface area contributed by atoms with Gasteiger partial charge in [0.2, 0.25) is 0 Å². The van der Waals surface area contributed by atoms with Crippen LogP contribution in [0, 0.1) is 0 Å². The lowest BCUT2D eigenvalue weighted by Gasteiger charge is -2.35. The third-order valence-corrected chi connectivity index (χ3v) is 3.00. The summed E-state index contributed by atoms with van der Waals surface area (Å²) in [4.78, 5) is 2.35. The van der Waals surface area contributed by atoms with E-state index in [9.17, 15) is 0 Å². The Labute approximate surface area is 97.7 Å². The van der Waals surface area contributed by atoms with Gasteiger partial charge in [-0.1, -0.05) is 5.16 Å². The maximum Gasteiger partial charge on any atom is 0.151 e. The van der Waals surface area contributed by atoms with Crippen LogP contribution in [0.4, 0.5) is 0 Å². The topological polar surface area (TPSA) is 38.5 Å². The summed E-state index contributed by atoms with van der Waals surface area (Å²) >= 11 is 3.28. The third kappa shape index (κ3) is 2.80. The van der Waals surface area contributed by atoms with E-state index in [1.54, 1.807) is 0 Å². The largest absolute Gasteiger partial charge is 0.376 e. The van der Waals surface area contributed by atoms with Crippen LogP contribution in [0.15, 0.2) is 15.2 Å². The molecule has 0 spiro atoms. The lowest BCUT2D eigenvalue weighted by Crippen LogP contribution is -2.46. The highest BCUT2D eigenvalue weighted by Crippen LogP contribution is 2.17. The van der Waals surface area contributed by atoms with E-state index in [1.165, 1.54) is 0 Å². The predicted octanol–water partition coefficient (Wildman–Crippen LogP) is 2.05. The van der Waals surface area contributed by atoms with Gasteiger partial charge in [-0.25, -0.2) is 0 Å². The number of hydrogen-bond acceptors (Lipinski definition) is 4. The van der Waals surface area contributed by atoms with Crippen molar-refractivity contribution in [2.75, 3.05) is 13.2 Å². The van der Waals surface area contributed by atoms with Crippen LogP contribution in [0.5, 0.6) is 0 Å². The Balaban J connectivity index is 1.98. The normalized spacial score (nSPS) is 28.2. The fourth-order valence-corrected chi connectivity index (χ4v) is 2.08. The molecule has 1 aromatic rings. The molecule has 1 aliphatic heterocycles. The standard InChI is InChI=1S/C10H15BrN2O2/c1-7-6-14-8(2)4-13(7)5-9-3-10(11)12-15-9/h3,7-8H,4-6H2,1-2H3. The van der Waals surface area contributed by atoms with Crippen LogP contribution in [0.25, 0.3) is 0 Å². The number of hydrogen-bond donors (Lipinski definition) is 0. The van der Waals surface area contributed by atoms with Crippen molar-refractivity contribution in [3.8, 4) is 0 Å². The van der Waals surface area contributed by atoms with E-state index in [0.29, 0.717) is 12.1 Å². The second kappa shape index (κ2) is 4.63. The van der Waals surface area contributed by atoms with Gasteiger partial charge in [0, 0.05) is 18.7 Å². The number of halogens is 1. The number of morpholine rings is 1. The lowest BCUT2D eigenvalue weighted by molar-refractivity contribution is -0.0550. The van der Waals surface area contributed by atoms with E-state index in [2.05, 4.69) is 39.8 Å². The van der Waals surface area contributed by atoms with Crippen LogP contribution < -0.4 is 0 Å². The zero-order valence-electron chi connectivity index (χ0n) is 8.94. The highest BCUT2D eigenvalue weighted by atomic mass is 79.9. The van der Waals surface area contributed by atoms with E-state index < -0.39 is 0 Å². The van der Waals surface area contributed by atoms with Gasteiger partial charge in [-0.05, 0) is 29.8 Å². The molecule has 0 radical (unpaired) electrons. The quantitative estimate of drug-likeness (QED) is 0.828. The Kier molecular flexibility index (Phi) is 3.43. The van der Waals surface area contributed by atoms with E-state index >= 15 is 0 Å². The first-order valence-electron chi connectivity index (χ1n) is 5.12. The number of ether oxygens (including phenoxy) is 1. The molecule has 5 heteroatoms. The van der Waals surface area contributed by atoms with Gasteiger partial charge in [-0.15, -0.1) is 0 Å². The van der Waals surface area contributed by atoms with E-state index in [4.69, 9.17) is 9.26 Å². The monoisotopic (exact) mass is 274 g/mol. The van der Waals surface area contributed by atoms with Crippen LogP contribution in [0.3, 0.4) is 0 Å². The molecule has 2 rings (SSSR count). The summed E-state index contributed by atoms with van der Waals surface area (Å²) in [5.74, 6) is 0.892. The molecule has 0 bridgehead atoms. The van der Waals surface area contributed by atoms with E-state index in [0.717, 1.165) is 30.1 Å². The average molecular weight is 275 g/mol. The number of nitrogens with zero attached hydrogens (tertiary/aromatic N) is 2. The minimum atomic E-state index is 0.299. The molecule has 84 valence electrons. The van der Waals surface area contributed by atoms with Gasteiger partial charge in [0.25, 0.3) is 0 Å². The van der Waals surface area contributed by atoms with Gasteiger partial charge in [0.1, 0.15) is 4.60 Å². The molecule has 0 amide bonds. The lowest BCUT2D eigenvalue weighted by atomic mass is 10.2. The van der Waals surface area contributed by atoms with Crippen molar-refractivity contribution in [2.24, 2.45) is 0 Å². The molecular weight excluding hydrogens is 260 g/mol. The van der Waals surface area contributed by atoms with Crippen LogP contribution in [-0.2, 0) is 11.3 Å². The summed E-state index contributed by atoms with van der Waals surface area (Å²) in [6, 6.07) is 2.34. The second-order valence-electron chi connectivity index (χ2n) is 4.04. The highest BCUT2D eigenvalue weighted by Gasteiger charge is 2.24. The summed E-state index contributed by atoms with van der Waals surface area (Å²) in [7, 11) is 0. The summed E-state index contributed by atoms with van der Waals surface area (Å²) < 4.78 is 11.5. The van der Waals surface area contributed by atoms with Crippen molar-refractivity contribution >= 4 is 15.9 Å². The fraction of sp³-hybridized carbons (Fsp3) is 0.700.